The smallest absolute Gasteiger partial charge is 0.212 e. The summed E-state index contributed by atoms with van der Waals surface area (Å²) in [5.74, 6) is 2.14. The van der Waals surface area contributed by atoms with Gasteiger partial charge in [0.15, 0.2) is 0 Å². The van der Waals surface area contributed by atoms with Gasteiger partial charge in [-0.05, 0) is 49.4 Å². The summed E-state index contributed by atoms with van der Waals surface area (Å²) in [5.41, 5.74) is 5.71. The summed E-state index contributed by atoms with van der Waals surface area (Å²) in [4.78, 5) is 9.30. The third-order valence-electron chi connectivity index (χ3n) is 6.24. The Kier molecular flexibility index (Phi) is 6.71. The van der Waals surface area contributed by atoms with Crippen LogP contribution in [0.5, 0.6) is 0 Å². The summed E-state index contributed by atoms with van der Waals surface area (Å²) in [5, 5.41) is 0. The van der Waals surface area contributed by atoms with Crippen molar-refractivity contribution >= 4 is 5.90 Å². The van der Waals surface area contributed by atoms with Crippen LogP contribution in [0.15, 0.2) is 53.4 Å². The molecule has 1 saturated heterocycles. The van der Waals surface area contributed by atoms with Gasteiger partial charge in [0.1, 0.15) is 5.76 Å². The van der Waals surface area contributed by atoms with Gasteiger partial charge in [-0.1, -0.05) is 31.2 Å². The molecule has 0 spiro atoms. The third kappa shape index (κ3) is 4.99. The summed E-state index contributed by atoms with van der Waals surface area (Å²) in [7, 11) is 1.66. The second-order valence-electron chi connectivity index (χ2n) is 8.61. The predicted molar refractivity (Wildman–Crippen MR) is 123 cm³/mol. The fourth-order valence-electron chi connectivity index (χ4n) is 4.30. The molecule has 2 aliphatic rings. The average Bonchev–Trinajstić information content (AvgIpc) is 2.80. The average molecular weight is 421 g/mol. The van der Waals surface area contributed by atoms with Crippen molar-refractivity contribution in [1.29, 1.82) is 0 Å². The van der Waals surface area contributed by atoms with E-state index in [0.717, 1.165) is 48.6 Å². The van der Waals surface area contributed by atoms with Crippen LogP contribution >= 0.6 is 0 Å². The van der Waals surface area contributed by atoms with Crippen LogP contribution < -0.4 is 0 Å². The van der Waals surface area contributed by atoms with Crippen molar-refractivity contribution in [3.63, 3.8) is 0 Å². The molecule has 3 atom stereocenters. The van der Waals surface area contributed by atoms with Crippen molar-refractivity contribution < 1.29 is 14.2 Å². The van der Waals surface area contributed by atoms with Gasteiger partial charge in [-0.3, -0.25) is 4.98 Å². The monoisotopic (exact) mass is 420 g/mol. The van der Waals surface area contributed by atoms with E-state index in [-0.39, 0.29) is 12.0 Å². The lowest BCUT2D eigenvalue weighted by molar-refractivity contribution is 0.0169. The Morgan fingerprint density at radius 1 is 1.13 bits per heavy atom. The number of aryl methyl sites for hydroxylation is 2. The van der Waals surface area contributed by atoms with Crippen LogP contribution in [0, 0.1) is 25.7 Å². The first-order chi connectivity index (χ1) is 15.0. The highest BCUT2D eigenvalue weighted by Gasteiger charge is 2.30. The van der Waals surface area contributed by atoms with Crippen LogP contribution in [0.1, 0.15) is 42.6 Å². The number of aromatic nitrogens is 1. The molecule has 0 N–H and O–H groups in total. The number of aliphatic imine (C=N–C) groups is 1. The molecule has 164 valence electrons. The molecule has 1 fully saturated rings. The number of dihydropyridines is 1. The van der Waals surface area contributed by atoms with Gasteiger partial charge in [0.25, 0.3) is 0 Å². The molecular weight excluding hydrogens is 388 g/mol. The number of ether oxygens (including phenoxy) is 3. The highest BCUT2D eigenvalue weighted by molar-refractivity contribution is 5.89. The Morgan fingerprint density at radius 2 is 1.97 bits per heavy atom. The minimum atomic E-state index is -0.0391. The lowest BCUT2D eigenvalue weighted by Crippen LogP contribution is -2.25. The minimum Gasteiger partial charge on any atom is -0.497 e. The first kappa shape index (κ1) is 21.6. The molecule has 0 aliphatic carbocycles. The van der Waals surface area contributed by atoms with Gasteiger partial charge in [0.2, 0.25) is 5.90 Å². The molecule has 5 nitrogen and oxygen atoms in total. The molecule has 0 amide bonds. The second kappa shape index (κ2) is 9.65. The summed E-state index contributed by atoms with van der Waals surface area (Å²) >= 11 is 0. The topological polar surface area (TPSA) is 52.9 Å². The van der Waals surface area contributed by atoms with Crippen molar-refractivity contribution in [3.05, 3.63) is 65.2 Å². The minimum absolute atomic E-state index is 0.0391. The SMILES string of the molecule is COC1=NC(c2ccc(-c3ccc(C)nc3)cc2C)C(C)C(OC[C@H]2CCCOC2)=C1. The molecule has 1 aromatic heterocycles. The largest absolute Gasteiger partial charge is 0.497 e. The van der Waals surface area contributed by atoms with Crippen molar-refractivity contribution in [2.75, 3.05) is 26.9 Å². The van der Waals surface area contributed by atoms with Crippen molar-refractivity contribution in [2.24, 2.45) is 16.8 Å². The third-order valence-corrected chi connectivity index (χ3v) is 6.24. The van der Waals surface area contributed by atoms with Gasteiger partial charge in [0.05, 0.1) is 26.4 Å². The number of pyridine rings is 1. The van der Waals surface area contributed by atoms with E-state index in [1.54, 1.807) is 7.11 Å². The van der Waals surface area contributed by atoms with Crippen molar-refractivity contribution in [2.45, 2.75) is 39.7 Å². The Labute approximate surface area is 185 Å². The quantitative estimate of drug-likeness (QED) is 0.647. The summed E-state index contributed by atoms with van der Waals surface area (Å²) < 4.78 is 17.4. The van der Waals surface area contributed by atoms with E-state index in [1.165, 1.54) is 11.1 Å². The molecule has 2 aromatic rings. The highest BCUT2D eigenvalue weighted by Crippen LogP contribution is 2.38. The summed E-state index contributed by atoms with van der Waals surface area (Å²) in [6, 6.07) is 10.7. The molecule has 3 heterocycles. The number of hydrogen-bond acceptors (Lipinski definition) is 5. The predicted octanol–water partition coefficient (Wildman–Crippen LogP) is 5.43. The van der Waals surface area contributed by atoms with Crippen LogP contribution in [0.3, 0.4) is 0 Å². The van der Waals surface area contributed by atoms with E-state index >= 15 is 0 Å². The van der Waals surface area contributed by atoms with Gasteiger partial charge >= 0.3 is 0 Å². The molecule has 0 saturated carbocycles. The zero-order valence-corrected chi connectivity index (χ0v) is 18.9. The number of hydrogen-bond donors (Lipinski definition) is 0. The zero-order valence-electron chi connectivity index (χ0n) is 18.9. The number of nitrogens with zero attached hydrogens (tertiary/aromatic N) is 2. The van der Waals surface area contributed by atoms with Gasteiger partial charge in [-0.25, -0.2) is 4.99 Å². The van der Waals surface area contributed by atoms with Crippen LogP contribution in [-0.4, -0.2) is 37.8 Å². The van der Waals surface area contributed by atoms with E-state index in [1.807, 2.05) is 25.3 Å². The summed E-state index contributed by atoms with van der Waals surface area (Å²) in [6.07, 6.45) is 6.13. The molecular formula is C26H32N2O3. The Balaban J connectivity index is 1.54. The van der Waals surface area contributed by atoms with E-state index < -0.39 is 0 Å². The first-order valence-electron chi connectivity index (χ1n) is 11.1. The number of methoxy groups -OCH3 is 1. The fourth-order valence-corrected chi connectivity index (χ4v) is 4.30. The van der Waals surface area contributed by atoms with Crippen molar-refractivity contribution in [1.82, 2.24) is 4.98 Å². The molecule has 4 rings (SSSR count). The molecule has 5 heteroatoms. The molecule has 1 aromatic carbocycles. The lowest BCUT2D eigenvalue weighted by atomic mass is 9.87. The van der Waals surface area contributed by atoms with Crippen molar-refractivity contribution in [3.8, 4) is 11.1 Å². The van der Waals surface area contributed by atoms with Gasteiger partial charge < -0.3 is 14.2 Å². The van der Waals surface area contributed by atoms with Crippen LogP contribution in [0.25, 0.3) is 11.1 Å². The maximum absolute atomic E-state index is 6.27. The standard InChI is InChI=1S/C26H32N2O3/c1-17-12-21(22-8-7-18(2)27-14-22)9-10-23(17)26-19(3)24(13-25(28-26)29-4)31-16-20-6-5-11-30-15-20/h7-10,12-14,19-20,26H,5-6,11,15-16H2,1-4H3/t19?,20-,26?/m0/s1. The van der Waals surface area contributed by atoms with E-state index in [2.05, 4.69) is 43.1 Å². The maximum Gasteiger partial charge on any atom is 0.212 e. The Bertz CT molecular complexity index is 959. The molecule has 2 unspecified atom stereocenters. The van der Waals surface area contributed by atoms with Gasteiger partial charge in [-0.15, -0.1) is 0 Å². The van der Waals surface area contributed by atoms with Crippen LogP contribution in [0.2, 0.25) is 0 Å². The van der Waals surface area contributed by atoms with Gasteiger partial charge in [0, 0.05) is 42.0 Å². The van der Waals surface area contributed by atoms with Gasteiger partial charge in [-0.2, -0.15) is 0 Å². The lowest BCUT2D eigenvalue weighted by Gasteiger charge is -2.30. The first-order valence-corrected chi connectivity index (χ1v) is 11.1. The van der Waals surface area contributed by atoms with Crippen LogP contribution in [-0.2, 0) is 14.2 Å². The second-order valence-corrected chi connectivity index (χ2v) is 8.61. The highest BCUT2D eigenvalue weighted by atomic mass is 16.5. The zero-order chi connectivity index (χ0) is 21.8. The maximum atomic E-state index is 6.27. The van der Waals surface area contributed by atoms with E-state index in [9.17, 15) is 0 Å². The van der Waals surface area contributed by atoms with E-state index in [0.29, 0.717) is 18.4 Å². The Hall–Kier alpha value is -2.66. The molecule has 2 aliphatic heterocycles. The van der Waals surface area contributed by atoms with E-state index in [4.69, 9.17) is 19.2 Å². The Morgan fingerprint density at radius 3 is 2.65 bits per heavy atom. The summed E-state index contributed by atoms with van der Waals surface area (Å²) in [6.45, 7) is 8.66. The number of benzene rings is 1. The molecule has 0 radical (unpaired) electrons. The fraction of sp³-hybridized carbons (Fsp3) is 0.462. The van der Waals surface area contributed by atoms with Crippen LogP contribution in [0.4, 0.5) is 0 Å². The molecule has 31 heavy (non-hydrogen) atoms. The molecule has 0 bridgehead atoms. The normalized spacial score (nSPS) is 23.7. The number of rotatable bonds is 5.